The number of nitrogens with one attached hydrogen (secondary N) is 3. The Hall–Kier alpha value is -0.800. The Morgan fingerprint density at radius 3 is 3.00 bits per heavy atom. The van der Waals surface area contributed by atoms with E-state index in [1.54, 1.807) is 0 Å². The van der Waals surface area contributed by atoms with Gasteiger partial charge in [0, 0.05) is 23.9 Å². The van der Waals surface area contributed by atoms with Crippen molar-refractivity contribution in [1.29, 1.82) is 0 Å². The van der Waals surface area contributed by atoms with Gasteiger partial charge in [0.15, 0.2) is 0 Å². The molecule has 0 spiro atoms. The van der Waals surface area contributed by atoms with Crippen molar-refractivity contribution in [3.8, 4) is 0 Å². The maximum absolute atomic E-state index is 3.60. The van der Waals surface area contributed by atoms with Crippen LogP contribution >= 0.6 is 0 Å². The largest absolute Gasteiger partial charge is 0.365 e. The van der Waals surface area contributed by atoms with E-state index < -0.39 is 0 Å². The van der Waals surface area contributed by atoms with Crippen LogP contribution in [-0.2, 0) is 5.41 Å². The van der Waals surface area contributed by atoms with E-state index in [2.05, 4.69) is 41.6 Å². The lowest BCUT2D eigenvalue weighted by molar-refractivity contribution is 0.425. The predicted octanol–water partition coefficient (Wildman–Crippen LogP) is 1.49. The molecule has 0 radical (unpaired) electrons. The molecule has 90 valence electrons. The molecule has 1 aliphatic heterocycles. The zero-order valence-corrected chi connectivity index (χ0v) is 10.3. The van der Waals surface area contributed by atoms with Crippen LogP contribution in [0.4, 0.5) is 0 Å². The minimum atomic E-state index is 0.190. The molecule has 0 aromatic carbocycles. The minimum Gasteiger partial charge on any atom is -0.365 e. The second-order valence-corrected chi connectivity index (χ2v) is 5.46. The van der Waals surface area contributed by atoms with Crippen LogP contribution in [0.15, 0.2) is 18.3 Å². The Labute approximate surface area is 98.0 Å². The van der Waals surface area contributed by atoms with Crippen molar-refractivity contribution in [2.75, 3.05) is 26.2 Å². The quantitative estimate of drug-likeness (QED) is 0.705. The zero-order chi connectivity index (χ0) is 11.4. The highest BCUT2D eigenvalue weighted by Gasteiger charge is 2.22. The van der Waals surface area contributed by atoms with Gasteiger partial charge in [0.1, 0.15) is 0 Å². The van der Waals surface area contributed by atoms with Crippen LogP contribution in [0, 0.1) is 5.92 Å². The van der Waals surface area contributed by atoms with Crippen LogP contribution in [0.3, 0.4) is 0 Å². The van der Waals surface area contributed by atoms with E-state index in [0.717, 1.165) is 19.0 Å². The highest BCUT2D eigenvalue weighted by Crippen LogP contribution is 2.20. The summed E-state index contributed by atoms with van der Waals surface area (Å²) in [6.45, 7) is 9.08. The summed E-state index contributed by atoms with van der Waals surface area (Å²) in [5.41, 5.74) is 1.50. The van der Waals surface area contributed by atoms with Crippen molar-refractivity contribution >= 4 is 0 Å². The lowest BCUT2D eigenvalue weighted by Crippen LogP contribution is -2.36. The Bertz CT molecular complexity index is 297. The fourth-order valence-corrected chi connectivity index (χ4v) is 2.32. The monoisotopic (exact) mass is 221 g/mol. The molecule has 1 aliphatic rings. The molecule has 1 atom stereocenters. The molecule has 16 heavy (non-hydrogen) atoms. The van der Waals surface area contributed by atoms with Crippen LogP contribution < -0.4 is 10.6 Å². The molecule has 2 heterocycles. The van der Waals surface area contributed by atoms with E-state index >= 15 is 0 Å². The van der Waals surface area contributed by atoms with E-state index in [-0.39, 0.29) is 5.41 Å². The number of aromatic nitrogens is 1. The first-order valence-electron chi connectivity index (χ1n) is 6.24. The average Bonchev–Trinajstić information content (AvgIpc) is 2.90. The van der Waals surface area contributed by atoms with E-state index in [1.807, 2.05) is 6.20 Å². The van der Waals surface area contributed by atoms with Gasteiger partial charge in [-0.3, -0.25) is 0 Å². The average molecular weight is 221 g/mol. The Morgan fingerprint density at radius 1 is 1.50 bits per heavy atom. The van der Waals surface area contributed by atoms with E-state index in [9.17, 15) is 0 Å². The normalized spacial score (nSPS) is 21.5. The summed E-state index contributed by atoms with van der Waals surface area (Å²) in [6.07, 6.45) is 3.31. The maximum Gasteiger partial charge on any atom is 0.0217 e. The van der Waals surface area contributed by atoms with Gasteiger partial charge in [-0.1, -0.05) is 13.8 Å². The first-order valence-corrected chi connectivity index (χ1v) is 6.24. The zero-order valence-electron chi connectivity index (χ0n) is 10.3. The molecule has 0 aliphatic carbocycles. The minimum absolute atomic E-state index is 0.190. The van der Waals surface area contributed by atoms with Gasteiger partial charge in [0.05, 0.1) is 0 Å². The number of hydrogen-bond donors (Lipinski definition) is 3. The van der Waals surface area contributed by atoms with Gasteiger partial charge in [-0.25, -0.2) is 0 Å². The van der Waals surface area contributed by atoms with Gasteiger partial charge >= 0.3 is 0 Å². The van der Waals surface area contributed by atoms with E-state index in [1.165, 1.54) is 25.2 Å². The third kappa shape index (κ3) is 2.86. The molecule has 1 aromatic heterocycles. The van der Waals surface area contributed by atoms with E-state index in [4.69, 9.17) is 0 Å². The number of rotatable bonds is 5. The molecule has 0 saturated carbocycles. The standard InChI is InChI=1S/C13H23N3/c1-13(2,12-4-3-6-16-12)10-15-9-11-5-7-14-8-11/h3-4,6,11,14-16H,5,7-10H2,1-2H3. The van der Waals surface area contributed by atoms with Crippen LogP contribution in [0.2, 0.25) is 0 Å². The third-order valence-corrected chi connectivity index (χ3v) is 3.49. The van der Waals surface area contributed by atoms with Crippen molar-refractivity contribution in [2.24, 2.45) is 5.92 Å². The Morgan fingerprint density at radius 2 is 2.38 bits per heavy atom. The molecule has 1 saturated heterocycles. The highest BCUT2D eigenvalue weighted by molar-refractivity contribution is 5.15. The van der Waals surface area contributed by atoms with Gasteiger partial charge in [-0.2, -0.15) is 0 Å². The smallest absolute Gasteiger partial charge is 0.0217 e. The summed E-state index contributed by atoms with van der Waals surface area (Å²) >= 11 is 0. The topological polar surface area (TPSA) is 39.8 Å². The van der Waals surface area contributed by atoms with Gasteiger partial charge in [-0.05, 0) is 44.1 Å². The second-order valence-electron chi connectivity index (χ2n) is 5.46. The first-order chi connectivity index (χ1) is 7.68. The van der Waals surface area contributed by atoms with Gasteiger partial charge in [0.25, 0.3) is 0 Å². The lowest BCUT2D eigenvalue weighted by atomic mass is 9.89. The molecule has 3 heteroatoms. The van der Waals surface area contributed by atoms with Crippen molar-refractivity contribution in [3.05, 3.63) is 24.0 Å². The molecule has 0 bridgehead atoms. The van der Waals surface area contributed by atoms with Crippen LogP contribution in [0.25, 0.3) is 0 Å². The molecule has 1 fully saturated rings. The molecular weight excluding hydrogens is 198 g/mol. The number of H-pyrrole nitrogens is 1. The number of aromatic amines is 1. The van der Waals surface area contributed by atoms with Gasteiger partial charge in [-0.15, -0.1) is 0 Å². The lowest BCUT2D eigenvalue weighted by Gasteiger charge is -2.25. The molecular formula is C13H23N3. The van der Waals surface area contributed by atoms with Crippen molar-refractivity contribution in [1.82, 2.24) is 15.6 Å². The predicted molar refractivity (Wildman–Crippen MR) is 67.7 cm³/mol. The number of hydrogen-bond acceptors (Lipinski definition) is 2. The molecule has 3 N–H and O–H groups in total. The Kier molecular flexibility index (Phi) is 3.66. The summed E-state index contributed by atoms with van der Waals surface area (Å²) < 4.78 is 0. The molecule has 0 amide bonds. The molecule has 2 rings (SSSR count). The summed E-state index contributed by atoms with van der Waals surface area (Å²) in [7, 11) is 0. The van der Waals surface area contributed by atoms with Crippen molar-refractivity contribution in [3.63, 3.8) is 0 Å². The summed E-state index contributed by atoms with van der Waals surface area (Å²) in [4.78, 5) is 3.30. The summed E-state index contributed by atoms with van der Waals surface area (Å²) in [6, 6.07) is 4.23. The van der Waals surface area contributed by atoms with Crippen LogP contribution in [0.5, 0.6) is 0 Å². The second kappa shape index (κ2) is 5.02. The fourth-order valence-electron chi connectivity index (χ4n) is 2.32. The van der Waals surface area contributed by atoms with Gasteiger partial charge in [0.2, 0.25) is 0 Å². The molecule has 1 aromatic rings. The van der Waals surface area contributed by atoms with Gasteiger partial charge < -0.3 is 15.6 Å². The first kappa shape index (κ1) is 11.7. The summed E-state index contributed by atoms with van der Waals surface area (Å²) in [5, 5.41) is 7.00. The van der Waals surface area contributed by atoms with Crippen molar-refractivity contribution in [2.45, 2.75) is 25.7 Å². The fraction of sp³-hybridized carbons (Fsp3) is 0.692. The van der Waals surface area contributed by atoms with Crippen LogP contribution in [-0.4, -0.2) is 31.2 Å². The van der Waals surface area contributed by atoms with E-state index in [0.29, 0.717) is 0 Å². The Balaban J connectivity index is 1.76. The maximum atomic E-state index is 3.60. The molecule has 1 unspecified atom stereocenters. The SMILES string of the molecule is CC(C)(CNCC1CCNC1)c1ccc[nH]1. The highest BCUT2D eigenvalue weighted by atomic mass is 14.9. The third-order valence-electron chi connectivity index (χ3n) is 3.49. The molecule has 3 nitrogen and oxygen atoms in total. The summed E-state index contributed by atoms with van der Waals surface area (Å²) in [5.74, 6) is 0.819. The van der Waals surface area contributed by atoms with Crippen LogP contribution in [0.1, 0.15) is 26.0 Å². The van der Waals surface area contributed by atoms with Crippen molar-refractivity contribution < 1.29 is 0 Å².